The lowest BCUT2D eigenvalue weighted by atomic mass is 10.0. The predicted molar refractivity (Wildman–Crippen MR) is 54.5 cm³/mol. The molecular formula is C11H13FN2O. The lowest BCUT2D eigenvalue weighted by Gasteiger charge is -2.17. The molecule has 1 fully saturated rings. The van der Waals surface area contributed by atoms with Crippen molar-refractivity contribution < 1.29 is 9.18 Å². The molecule has 0 aliphatic heterocycles. The third-order valence-electron chi connectivity index (χ3n) is 2.70. The Morgan fingerprint density at radius 1 is 1.47 bits per heavy atom. The van der Waals surface area contributed by atoms with Gasteiger partial charge in [-0.25, -0.2) is 4.39 Å². The van der Waals surface area contributed by atoms with Crippen molar-refractivity contribution in [3.05, 3.63) is 35.6 Å². The van der Waals surface area contributed by atoms with Crippen molar-refractivity contribution in [2.75, 3.05) is 6.54 Å². The molecule has 1 aliphatic carbocycles. The second kappa shape index (κ2) is 3.62. The summed E-state index contributed by atoms with van der Waals surface area (Å²) in [5.41, 5.74) is 5.28. The van der Waals surface area contributed by atoms with Gasteiger partial charge in [-0.05, 0) is 18.9 Å². The van der Waals surface area contributed by atoms with Gasteiger partial charge >= 0.3 is 0 Å². The summed E-state index contributed by atoms with van der Waals surface area (Å²) >= 11 is 0. The van der Waals surface area contributed by atoms with Crippen molar-refractivity contribution in [3.63, 3.8) is 0 Å². The normalized spacial score (nSPS) is 17.2. The van der Waals surface area contributed by atoms with Crippen LogP contribution in [-0.2, 0) is 10.3 Å². The molecule has 4 heteroatoms. The molecule has 2 rings (SSSR count). The number of carbonyl (C=O) groups excluding carboxylic acids is 1. The molecular weight excluding hydrogens is 195 g/mol. The van der Waals surface area contributed by atoms with Gasteiger partial charge in [0, 0.05) is 5.56 Å². The van der Waals surface area contributed by atoms with Crippen LogP contribution in [0.5, 0.6) is 0 Å². The topological polar surface area (TPSA) is 55.1 Å². The van der Waals surface area contributed by atoms with Crippen LogP contribution in [-0.4, -0.2) is 12.5 Å². The van der Waals surface area contributed by atoms with Gasteiger partial charge in [-0.3, -0.25) is 4.79 Å². The van der Waals surface area contributed by atoms with Gasteiger partial charge < -0.3 is 11.1 Å². The van der Waals surface area contributed by atoms with Crippen molar-refractivity contribution in [1.29, 1.82) is 0 Å². The lowest BCUT2D eigenvalue weighted by Crippen LogP contribution is -2.39. The van der Waals surface area contributed by atoms with Gasteiger partial charge in [0.2, 0.25) is 5.91 Å². The van der Waals surface area contributed by atoms with Gasteiger partial charge in [0.25, 0.3) is 0 Å². The zero-order valence-corrected chi connectivity index (χ0v) is 8.29. The number of rotatable bonds is 3. The monoisotopic (exact) mass is 208 g/mol. The van der Waals surface area contributed by atoms with Crippen molar-refractivity contribution in [2.24, 2.45) is 5.73 Å². The molecule has 0 saturated heterocycles. The molecule has 15 heavy (non-hydrogen) atoms. The van der Waals surface area contributed by atoms with Crippen LogP contribution in [0, 0.1) is 5.82 Å². The number of halogens is 1. The predicted octanol–water partition coefficient (Wildman–Crippen LogP) is 0.890. The SMILES string of the molecule is NCC(=O)NC1(c2ccccc2F)CC1. The maximum absolute atomic E-state index is 13.5. The van der Waals surface area contributed by atoms with Crippen LogP contribution in [0.3, 0.4) is 0 Å². The molecule has 0 radical (unpaired) electrons. The third-order valence-corrected chi connectivity index (χ3v) is 2.70. The Balaban J connectivity index is 2.23. The Hall–Kier alpha value is -1.42. The van der Waals surface area contributed by atoms with Crippen LogP contribution < -0.4 is 11.1 Å². The number of carbonyl (C=O) groups is 1. The molecule has 80 valence electrons. The molecule has 3 nitrogen and oxygen atoms in total. The van der Waals surface area contributed by atoms with E-state index in [0.717, 1.165) is 12.8 Å². The molecule has 1 aromatic rings. The first kappa shape index (κ1) is 10.1. The Kier molecular flexibility index (Phi) is 2.44. The molecule has 1 aliphatic rings. The van der Waals surface area contributed by atoms with E-state index in [1.165, 1.54) is 6.07 Å². The zero-order chi connectivity index (χ0) is 10.9. The molecule has 0 spiro atoms. The number of nitrogens with two attached hydrogens (primary N) is 1. The highest BCUT2D eigenvalue weighted by molar-refractivity contribution is 5.79. The van der Waals surface area contributed by atoms with Crippen LogP contribution in [0.15, 0.2) is 24.3 Å². The van der Waals surface area contributed by atoms with Crippen LogP contribution in [0.25, 0.3) is 0 Å². The van der Waals surface area contributed by atoms with Crippen LogP contribution in [0.1, 0.15) is 18.4 Å². The Morgan fingerprint density at radius 2 is 2.13 bits per heavy atom. The number of benzene rings is 1. The molecule has 1 amide bonds. The largest absolute Gasteiger partial charge is 0.345 e. The number of nitrogens with one attached hydrogen (secondary N) is 1. The maximum Gasteiger partial charge on any atom is 0.234 e. The van der Waals surface area contributed by atoms with Crippen molar-refractivity contribution in [1.82, 2.24) is 5.32 Å². The second-order valence-corrected chi connectivity index (χ2v) is 3.81. The molecule has 0 heterocycles. The summed E-state index contributed by atoms with van der Waals surface area (Å²) in [5, 5.41) is 2.77. The highest BCUT2D eigenvalue weighted by atomic mass is 19.1. The van der Waals surface area contributed by atoms with Gasteiger partial charge in [0.05, 0.1) is 12.1 Å². The molecule has 1 aromatic carbocycles. The summed E-state index contributed by atoms with van der Waals surface area (Å²) in [6.07, 6.45) is 1.55. The average molecular weight is 208 g/mol. The van der Waals surface area contributed by atoms with Crippen molar-refractivity contribution >= 4 is 5.91 Å². The summed E-state index contributed by atoms with van der Waals surface area (Å²) in [6.45, 7) is -0.0593. The van der Waals surface area contributed by atoms with E-state index < -0.39 is 5.54 Å². The Morgan fingerprint density at radius 3 is 2.67 bits per heavy atom. The maximum atomic E-state index is 13.5. The van der Waals surface area contributed by atoms with E-state index in [0.29, 0.717) is 5.56 Å². The third kappa shape index (κ3) is 1.85. The van der Waals surface area contributed by atoms with E-state index in [1.807, 2.05) is 0 Å². The van der Waals surface area contributed by atoms with E-state index in [9.17, 15) is 9.18 Å². The van der Waals surface area contributed by atoms with Gasteiger partial charge in [-0.15, -0.1) is 0 Å². The molecule has 1 saturated carbocycles. The van der Waals surface area contributed by atoms with Gasteiger partial charge in [-0.2, -0.15) is 0 Å². The van der Waals surface area contributed by atoms with Gasteiger partial charge in [0.1, 0.15) is 5.82 Å². The van der Waals surface area contributed by atoms with E-state index in [-0.39, 0.29) is 18.3 Å². The minimum atomic E-state index is -0.498. The fourth-order valence-electron chi connectivity index (χ4n) is 1.75. The first-order valence-corrected chi connectivity index (χ1v) is 4.94. The molecule has 0 atom stereocenters. The van der Waals surface area contributed by atoms with E-state index in [1.54, 1.807) is 18.2 Å². The van der Waals surface area contributed by atoms with E-state index in [2.05, 4.69) is 5.32 Å². The number of hydrogen-bond donors (Lipinski definition) is 2. The first-order valence-electron chi connectivity index (χ1n) is 4.94. The zero-order valence-electron chi connectivity index (χ0n) is 8.29. The Bertz CT molecular complexity index is 388. The van der Waals surface area contributed by atoms with Crippen molar-refractivity contribution in [3.8, 4) is 0 Å². The smallest absolute Gasteiger partial charge is 0.234 e. The van der Waals surface area contributed by atoms with Gasteiger partial charge in [0.15, 0.2) is 0 Å². The Labute approximate surface area is 87.5 Å². The molecule has 0 aromatic heterocycles. The van der Waals surface area contributed by atoms with E-state index >= 15 is 0 Å². The quantitative estimate of drug-likeness (QED) is 0.775. The molecule has 0 bridgehead atoms. The first-order chi connectivity index (χ1) is 7.18. The number of amides is 1. The van der Waals surface area contributed by atoms with E-state index in [4.69, 9.17) is 5.73 Å². The van der Waals surface area contributed by atoms with Crippen LogP contribution in [0.2, 0.25) is 0 Å². The lowest BCUT2D eigenvalue weighted by molar-refractivity contribution is -0.120. The average Bonchev–Trinajstić information content (AvgIpc) is 2.99. The summed E-state index contributed by atoms with van der Waals surface area (Å²) in [6, 6.07) is 6.52. The fraction of sp³-hybridized carbons (Fsp3) is 0.364. The highest BCUT2D eigenvalue weighted by Gasteiger charge is 2.46. The molecule has 3 N–H and O–H groups in total. The fourth-order valence-corrected chi connectivity index (χ4v) is 1.75. The second-order valence-electron chi connectivity index (χ2n) is 3.81. The summed E-state index contributed by atoms with van der Waals surface area (Å²) in [5.74, 6) is -0.511. The summed E-state index contributed by atoms with van der Waals surface area (Å²) in [4.78, 5) is 11.2. The minimum Gasteiger partial charge on any atom is -0.345 e. The van der Waals surface area contributed by atoms with Gasteiger partial charge in [-0.1, -0.05) is 18.2 Å². The van der Waals surface area contributed by atoms with Crippen molar-refractivity contribution in [2.45, 2.75) is 18.4 Å². The van der Waals surface area contributed by atoms with Crippen LogP contribution in [0.4, 0.5) is 4.39 Å². The standard InChI is InChI=1S/C11H13FN2O/c12-9-4-2-1-3-8(9)11(5-6-11)14-10(15)7-13/h1-4H,5-7,13H2,(H,14,15). The number of hydrogen-bond acceptors (Lipinski definition) is 2. The summed E-state index contributed by atoms with van der Waals surface area (Å²) in [7, 11) is 0. The minimum absolute atomic E-state index is 0.0593. The van der Waals surface area contributed by atoms with Crippen LogP contribution >= 0.6 is 0 Å². The highest BCUT2D eigenvalue weighted by Crippen LogP contribution is 2.46. The molecule has 0 unspecified atom stereocenters. The summed E-state index contributed by atoms with van der Waals surface area (Å²) < 4.78 is 13.5.